The molecule has 0 radical (unpaired) electrons. The van der Waals surface area contributed by atoms with E-state index in [1.165, 1.54) is 0 Å². The zero-order chi connectivity index (χ0) is 10.3. The summed E-state index contributed by atoms with van der Waals surface area (Å²) in [5, 5.41) is 6.57. The van der Waals surface area contributed by atoms with Gasteiger partial charge in [0.05, 0.1) is 11.4 Å². The summed E-state index contributed by atoms with van der Waals surface area (Å²) in [6, 6.07) is 3.51. The van der Waals surface area contributed by atoms with E-state index in [-0.39, 0.29) is 11.9 Å². The van der Waals surface area contributed by atoms with Gasteiger partial charge in [0.1, 0.15) is 6.04 Å². The molecule has 14 heavy (non-hydrogen) atoms. The third-order valence-electron chi connectivity index (χ3n) is 2.32. The Labute approximate surface area is 87.4 Å². The number of hydrogen-bond acceptors (Lipinski definition) is 2. The van der Waals surface area contributed by atoms with E-state index in [4.69, 9.17) is 11.6 Å². The highest BCUT2D eigenvalue weighted by molar-refractivity contribution is 6.32. The highest BCUT2D eigenvalue weighted by Gasteiger charge is 2.21. The predicted molar refractivity (Wildman–Crippen MR) is 57.9 cm³/mol. The number of halogens is 1. The number of carbonyl (C=O) groups excluding carboxylic acids is 1. The molecule has 1 aromatic rings. The highest BCUT2D eigenvalue weighted by atomic mass is 35.5. The van der Waals surface area contributed by atoms with Crippen molar-refractivity contribution in [3.8, 4) is 0 Å². The molecule has 0 aliphatic carbocycles. The number of amides is 1. The topological polar surface area (TPSA) is 41.1 Å². The lowest BCUT2D eigenvalue weighted by atomic mass is 10.1. The van der Waals surface area contributed by atoms with Crippen molar-refractivity contribution in [3.63, 3.8) is 0 Å². The maximum Gasteiger partial charge on any atom is 0.246 e. The van der Waals surface area contributed by atoms with Crippen LogP contribution in [-0.2, 0) is 4.79 Å². The summed E-state index contributed by atoms with van der Waals surface area (Å²) in [7, 11) is 0. The minimum Gasteiger partial charge on any atom is -0.372 e. The molecule has 4 heteroatoms. The first kappa shape index (κ1) is 9.34. The van der Waals surface area contributed by atoms with E-state index < -0.39 is 0 Å². The normalized spacial score (nSPS) is 19.6. The number of rotatable bonds is 0. The summed E-state index contributed by atoms with van der Waals surface area (Å²) in [4.78, 5) is 11.3. The molecule has 2 N–H and O–H groups in total. The quantitative estimate of drug-likeness (QED) is 0.691. The second-order valence-corrected chi connectivity index (χ2v) is 3.91. The van der Waals surface area contributed by atoms with E-state index >= 15 is 0 Å². The van der Waals surface area contributed by atoms with Crippen molar-refractivity contribution < 1.29 is 4.79 Å². The molecule has 0 fully saturated rings. The molecule has 1 atom stereocenters. The van der Waals surface area contributed by atoms with Crippen LogP contribution in [0.5, 0.6) is 0 Å². The first-order valence-corrected chi connectivity index (χ1v) is 4.83. The van der Waals surface area contributed by atoms with Gasteiger partial charge in [-0.15, -0.1) is 0 Å². The maximum absolute atomic E-state index is 11.3. The van der Waals surface area contributed by atoms with Crippen molar-refractivity contribution in [2.75, 3.05) is 10.6 Å². The van der Waals surface area contributed by atoms with E-state index in [1.54, 1.807) is 6.07 Å². The molecular formula is C10H11ClN2O. The zero-order valence-corrected chi connectivity index (χ0v) is 8.77. The first-order chi connectivity index (χ1) is 6.58. The van der Waals surface area contributed by atoms with Gasteiger partial charge >= 0.3 is 0 Å². The molecule has 0 saturated carbocycles. The molecule has 1 aliphatic heterocycles. The lowest BCUT2D eigenvalue weighted by Gasteiger charge is -2.24. The van der Waals surface area contributed by atoms with Crippen molar-refractivity contribution in [2.45, 2.75) is 19.9 Å². The lowest BCUT2D eigenvalue weighted by molar-refractivity contribution is -0.116. The number of benzene rings is 1. The Morgan fingerprint density at radius 2 is 2.07 bits per heavy atom. The van der Waals surface area contributed by atoms with Crippen LogP contribution in [0.15, 0.2) is 12.1 Å². The molecule has 1 aromatic carbocycles. The lowest BCUT2D eigenvalue weighted by Crippen LogP contribution is -2.36. The summed E-state index contributed by atoms with van der Waals surface area (Å²) in [5.41, 5.74) is 2.68. The van der Waals surface area contributed by atoms with Crippen LogP contribution >= 0.6 is 11.6 Å². The van der Waals surface area contributed by atoms with Gasteiger partial charge in [0.2, 0.25) is 5.91 Å². The van der Waals surface area contributed by atoms with E-state index in [0.717, 1.165) is 16.9 Å². The monoisotopic (exact) mass is 210 g/mol. The van der Waals surface area contributed by atoms with Crippen molar-refractivity contribution >= 4 is 28.9 Å². The Morgan fingerprint density at radius 3 is 2.79 bits per heavy atom. The predicted octanol–water partition coefficient (Wildman–Crippen LogP) is 2.40. The molecule has 0 aromatic heterocycles. The van der Waals surface area contributed by atoms with Crippen LogP contribution < -0.4 is 10.6 Å². The van der Waals surface area contributed by atoms with Gasteiger partial charge < -0.3 is 10.6 Å². The fourth-order valence-corrected chi connectivity index (χ4v) is 1.61. The number of fused-ring (bicyclic) bond motifs is 1. The molecule has 2 rings (SSSR count). The van der Waals surface area contributed by atoms with Gasteiger partial charge in [-0.2, -0.15) is 0 Å². The van der Waals surface area contributed by atoms with Crippen LogP contribution in [0, 0.1) is 6.92 Å². The molecule has 1 heterocycles. The van der Waals surface area contributed by atoms with Crippen LogP contribution in [-0.4, -0.2) is 11.9 Å². The third kappa shape index (κ3) is 1.44. The Kier molecular flexibility index (Phi) is 2.11. The van der Waals surface area contributed by atoms with Crippen LogP contribution in [0.4, 0.5) is 11.4 Å². The molecule has 74 valence electrons. The van der Waals surface area contributed by atoms with E-state index in [1.807, 2.05) is 19.9 Å². The first-order valence-electron chi connectivity index (χ1n) is 4.45. The molecule has 3 nitrogen and oxygen atoms in total. The second-order valence-electron chi connectivity index (χ2n) is 3.50. The Balaban J connectivity index is 2.47. The van der Waals surface area contributed by atoms with Gasteiger partial charge in [0, 0.05) is 5.02 Å². The van der Waals surface area contributed by atoms with Gasteiger partial charge in [0.25, 0.3) is 0 Å². The Morgan fingerprint density at radius 1 is 1.36 bits per heavy atom. The average molecular weight is 211 g/mol. The fraction of sp³-hybridized carbons (Fsp3) is 0.300. The SMILES string of the molecule is Cc1cc2c(cc1Cl)NC(=O)C(C)N2. The second kappa shape index (κ2) is 3.17. The molecule has 1 amide bonds. The molecule has 0 spiro atoms. The van der Waals surface area contributed by atoms with Crippen LogP contribution in [0.2, 0.25) is 5.02 Å². The number of anilines is 2. The Bertz CT molecular complexity index is 403. The summed E-state index contributed by atoms with van der Waals surface area (Å²) in [5.74, 6) is -0.0302. The average Bonchev–Trinajstić information content (AvgIpc) is 2.11. The van der Waals surface area contributed by atoms with Crippen molar-refractivity contribution in [1.29, 1.82) is 0 Å². The van der Waals surface area contributed by atoms with E-state index in [9.17, 15) is 4.79 Å². The number of aryl methyl sites for hydroxylation is 1. The van der Waals surface area contributed by atoms with Gasteiger partial charge in [-0.1, -0.05) is 11.6 Å². The van der Waals surface area contributed by atoms with Gasteiger partial charge in [-0.25, -0.2) is 0 Å². The molecule has 0 bridgehead atoms. The highest BCUT2D eigenvalue weighted by Crippen LogP contribution is 2.31. The largest absolute Gasteiger partial charge is 0.372 e. The standard InChI is InChI=1S/C10H11ClN2O/c1-5-3-8-9(4-7(5)11)13-10(14)6(2)12-8/h3-4,6,12H,1-2H3,(H,13,14). The fourth-order valence-electron chi connectivity index (χ4n) is 1.44. The van der Waals surface area contributed by atoms with Crippen LogP contribution in [0.3, 0.4) is 0 Å². The number of carbonyl (C=O) groups is 1. The summed E-state index contributed by atoms with van der Waals surface area (Å²) in [6.45, 7) is 3.76. The van der Waals surface area contributed by atoms with Gasteiger partial charge in [-0.3, -0.25) is 4.79 Å². The molecule has 0 saturated heterocycles. The number of hydrogen-bond donors (Lipinski definition) is 2. The molecule has 1 aliphatic rings. The van der Waals surface area contributed by atoms with Crippen molar-refractivity contribution in [2.24, 2.45) is 0 Å². The van der Waals surface area contributed by atoms with Crippen LogP contribution in [0.25, 0.3) is 0 Å². The summed E-state index contributed by atoms with van der Waals surface area (Å²) < 4.78 is 0. The van der Waals surface area contributed by atoms with Gasteiger partial charge in [0.15, 0.2) is 0 Å². The van der Waals surface area contributed by atoms with Crippen molar-refractivity contribution in [3.05, 3.63) is 22.7 Å². The minimum absolute atomic E-state index is 0.0302. The van der Waals surface area contributed by atoms with E-state index in [2.05, 4.69) is 10.6 Å². The van der Waals surface area contributed by atoms with Gasteiger partial charge in [-0.05, 0) is 31.5 Å². The Hall–Kier alpha value is -1.22. The summed E-state index contributed by atoms with van der Waals surface area (Å²) >= 11 is 5.95. The number of nitrogens with one attached hydrogen (secondary N) is 2. The maximum atomic E-state index is 11.3. The minimum atomic E-state index is -0.192. The molecular weight excluding hydrogens is 200 g/mol. The summed E-state index contributed by atoms with van der Waals surface area (Å²) in [6.07, 6.45) is 0. The smallest absolute Gasteiger partial charge is 0.246 e. The third-order valence-corrected chi connectivity index (χ3v) is 2.73. The molecule has 1 unspecified atom stereocenters. The van der Waals surface area contributed by atoms with Crippen LogP contribution in [0.1, 0.15) is 12.5 Å². The zero-order valence-electron chi connectivity index (χ0n) is 8.02. The van der Waals surface area contributed by atoms with E-state index in [0.29, 0.717) is 5.02 Å². The van der Waals surface area contributed by atoms with Crippen molar-refractivity contribution in [1.82, 2.24) is 0 Å².